The Kier molecular flexibility index (Phi) is 3.24. The number of nitrogens with zero attached hydrogens (tertiary/aromatic N) is 1. The van der Waals surface area contributed by atoms with E-state index in [2.05, 4.69) is 4.90 Å². The Morgan fingerprint density at radius 3 is 2.50 bits per heavy atom. The average Bonchev–Trinajstić information content (AvgIpc) is 2.82. The Bertz CT molecular complexity index is 652. The van der Waals surface area contributed by atoms with Crippen LogP contribution in [0.25, 0.3) is 0 Å². The van der Waals surface area contributed by atoms with Crippen molar-refractivity contribution >= 4 is 5.91 Å². The first-order valence-electron chi connectivity index (χ1n) is 6.50. The molecular weight excluding hydrogens is 255 g/mol. The largest absolute Gasteiger partial charge is 0.366 e. The number of rotatable bonds is 3. The van der Waals surface area contributed by atoms with Crippen molar-refractivity contribution in [1.82, 2.24) is 4.90 Å². The second-order valence-corrected chi connectivity index (χ2v) is 5.12. The van der Waals surface area contributed by atoms with Gasteiger partial charge in [-0.1, -0.05) is 18.2 Å². The van der Waals surface area contributed by atoms with E-state index in [1.54, 1.807) is 18.2 Å². The Hall–Kier alpha value is -2.20. The zero-order valence-corrected chi connectivity index (χ0v) is 11.0. The van der Waals surface area contributed by atoms with Gasteiger partial charge in [0.05, 0.1) is 0 Å². The maximum absolute atomic E-state index is 12.9. The summed E-state index contributed by atoms with van der Waals surface area (Å²) in [7, 11) is 0. The zero-order valence-electron chi connectivity index (χ0n) is 11.0. The Morgan fingerprint density at radius 2 is 1.80 bits per heavy atom. The molecule has 3 nitrogen and oxygen atoms in total. The summed E-state index contributed by atoms with van der Waals surface area (Å²) in [6, 6.07) is 12.1. The highest BCUT2D eigenvalue weighted by Crippen LogP contribution is 2.25. The number of carbonyl (C=O) groups excluding carboxylic acids is 1. The molecule has 0 aromatic heterocycles. The molecule has 0 unspecified atom stereocenters. The summed E-state index contributed by atoms with van der Waals surface area (Å²) in [6.07, 6.45) is 0. The standard InChI is InChI=1S/C16H15FN2O/c17-15-5-1-11(2-6-15)8-19-9-13-4-3-12(16(18)20)7-14(13)10-19/h1-7H,8-10H2,(H2,18,20). The zero-order chi connectivity index (χ0) is 14.1. The van der Waals surface area contributed by atoms with Crippen molar-refractivity contribution < 1.29 is 9.18 Å². The number of carbonyl (C=O) groups is 1. The lowest BCUT2D eigenvalue weighted by atomic mass is 10.1. The highest BCUT2D eigenvalue weighted by molar-refractivity contribution is 5.93. The summed E-state index contributed by atoms with van der Waals surface area (Å²) >= 11 is 0. The fourth-order valence-corrected chi connectivity index (χ4v) is 2.58. The predicted molar refractivity (Wildman–Crippen MR) is 74.3 cm³/mol. The molecule has 0 fully saturated rings. The van der Waals surface area contributed by atoms with E-state index in [0.717, 1.165) is 30.8 Å². The Morgan fingerprint density at radius 1 is 1.10 bits per heavy atom. The third-order valence-corrected chi connectivity index (χ3v) is 3.60. The van der Waals surface area contributed by atoms with E-state index >= 15 is 0 Å². The summed E-state index contributed by atoms with van der Waals surface area (Å²) < 4.78 is 12.9. The monoisotopic (exact) mass is 270 g/mol. The minimum Gasteiger partial charge on any atom is -0.366 e. The molecule has 1 aliphatic heterocycles. The molecule has 0 saturated heterocycles. The van der Waals surface area contributed by atoms with Gasteiger partial charge in [0.1, 0.15) is 5.82 Å². The van der Waals surface area contributed by atoms with E-state index in [4.69, 9.17) is 5.73 Å². The van der Waals surface area contributed by atoms with Gasteiger partial charge in [-0.05, 0) is 41.0 Å². The molecule has 4 heteroatoms. The number of fused-ring (bicyclic) bond motifs is 1. The lowest BCUT2D eigenvalue weighted by molar-refractivity contribution is 0.1000. The van der Waals surface area contributed by atoms with Crippen molar-refractivity contribution in [3.05, 3.63) is 70.5 Å². The van der Waals surface area contributed by atoms with Crippen LogP contribution in [0.1, 0.15) is 27.0 Å². The molecule has 1 heterocycles. The van der Waals surface area contributed by atoms with Crippen molar-refractivity contribution in [2.24, 2.45) is 5.73 Å². The number of hydrogen-bond donors (Lipinski definition) is 1. The molecule has 0 saturated carbocycles. The second kappa shape index (κ2) is 5.06. The minimum absolute atomic E-state index is 0.218. The van der Waals surface area contributed by atoms with Gasteiger partial charge in [0.15, 0.2) is 0 Å². The molecule has 0 aliphatic carbocycles. The number of benzene rings is 2. The van der Waals surface area contributed by atoms with Crippen LogP contribution in [-0.2, 0) is 19.6 Å². The number of nitrogens with two attached hydrogens (primary N) is 1. The summed E-state index contributed by atoms with van der Waals surface area (Å²) in [4.78, 5) is 13.4. The highest BCUT2D eigenvalue weighted by Gasteiger charge is 2.19. The van der Waals surface area contributed by atoms with Crippen LogP contribution in [0, 0.1) is 5.82 Å². The van der Waals surface area contributed by atoms with Gasteiger partial charge in [0.25, 0.3) is 0 Å². The van der Waals surface area contributed by atoms with Gasteiger partial charge >= 0.3 is 0 Å². The molecule has 2 aromatic carbocycles. The van der Waals surface area contributed by atoms with Crippen molar-refractivity contribution in [1.29, 1.82) is 0 Å². The fraction of sp³-hybridized carbons (Fsp3) is 0.188. The fourth-order valence-electron chi connectivity index (χ4n) is 2.58. The molecule has 0 atom stereocenters. The molecule has 0 bridgehead atoms. The third kappa shape index (κ3) is 2.56. The van der Waals surface area contributed by atoms with Crippen molar-refractivity contribution in [3.8, 4) is 0 Å². The molecule has 2 aromatic rings. The number of hydrogen-bond acceptors (Lipinski definition) is 2. The van der Waals surface area contributed by atoms with Crippen LogP contribution < -0.4 is 5.73 Å². The first kappa shape index (κ1) is 12.8. The second-order valence-electron chi connectivity index (χ2n) is 5.12. The molecule has 1 aliphatic rings. The van der Waals surface area contributed by atoms with E-state index in [9.17, 15) is 9.18 Å². The lowest BCUT2D eigenvalue weighted by Gasteiger charge is -2.14. The van der Waals surface area contributed by atoms with Crippen LogP contribution in [0.5, 0.6) is 0 Å². The topological polar surface area (TPSA) is 46.3 Å². The van der Waals surface area contributed by atoms with E-state index in [-0.39, 0.29) is 5.82 Å². The van der Waals surface area contributed by atoms with Crippen molar-refractivity contribution in [2.75, 3.05) is 0 Å². The summed E-state index contributed by atoms with van der Waals surface area (Å²) in [5.41, 5.74) is 9.28. The molecule has 1 amide bonds. The maximum atomic E-state index is 12.9. The van der Waals surface area contributed by atoms with Crippen LogP contribution in [0.3, 0.4) is 0 Å². The Balaban J connectivity index is 1.73. The van der Waals surface area contributed by atoms with Crippen LogP contribution in [0.15, 0.2) is 42.5 Å². The molecule has 20 heavy (non-hydrogen) atoms. The van der Waals surface area contributed by atoms with Crippen molar-refractivity contribution in [2.45, 2.75) is 19.6 Å². The van der Waals surface area contributed by atoms with Crippen LogP contribution in [-0.4, -0.2) is 10.8 Å². The maximum Gasteiger partial charge on any atom is 0.248 e. The van der Waals surface area contributed by atoms with Gasteiger partial charge in [-0.25, -0.2) is 4.39 Å². The highest BCUT2D eigenvalue weighted by atomic mass is 19.1. The first-order valence-corrected chi connectivity index (χ1v) is 6.50. The Labute approximate surface area is 116 Å². The molecule has 0 spiro atoms. The van der Waals surface area contributed by atoms with E-state index < -0.39 is 5.91 Å². The van der Waals surface area contributed by atoms with Crippen LogP contribution in [0.2, 0.25) is 0 Å². The molecule has 102 valence electrons. The third-order valence-electron chi connectivity index (χ3n) is 3.60. The summed E-state index contributed by atoms with van der Waals surface area (Å²) in [5, 5.41) is 0. The van der Waals surface area contributed by atoms with Crippen molar-refractivity contribution in [3.63, 3.8) is 0 Å². The van der Waals surface area contributed by atoms with Gasteiger partial charge in [0, 0.05) is 25.2 Å². The molecule has 2 N–H and O–H groups in total. The smallest absolute Gasteiger partial charge is 0.248 e. The van der Waals surface area contributed by atoms with E-state index in [0.29, 0.717) is 5.56 Å². The minimum atomic E-state index is -0.398. The quantitative estimate of drug-likeness (QED) is 0.931. The lowest BCUT2D eigenvalue weighted by Crippen LogP contribution is -2.15. The first-order chi connectivity index (χ1) is 9.61. The number of halogens is 1. The van der Waals surface area contributed by atoms with Gasteiger partial charge in [-0.3, -0.25) is 9.69 Å². The predicted octanol–water partition coefficient (Wildman–Crippen LogP) is 2.44. The molecule has 3 rings (SSSR count). The number of amides is 1. The molecule has 0 radical (unpaired) electrons. The SMILES string of the molecule is NC(=O)c1ccc2c(c1)CN(Cc1ccc(F)cc1)C2. The van der Waals surface area contributed by atoms with E-state index in [1.807, 2.05) is 12.1 Å². The molecular formula is C16H15FN2O. The normalized spacial score (nSPS) is 14.2. The average molecular weight is 270 g/mol. The summed E-state index contributed by atoms with van der Waals surface area (Å²) in [6.45, 7) is 2.39. The van der Waals surface area contributed by atoms with Gasteiger partial charge in [-0.15, -0.1) is 0 Å². The number of primary amides is 1. The van der Waals surface area contributed by atoms with Gasteiger partial charge < -0.3 is 5.73 Å². The van der Waals surface area contributed by atoms with Crippen LogP contribution in [0.4, 0.5) is 4.39 Å². The van der Waals surface area contributed by atoms with Gasteiger partial charge in [0.2, 0.25) is 5.91 Å². The van der Waals surface area contributed by atoms with Gasteiger partial charge in [-0.2, -0.15) is 0 Å². The van der Waals surface area contributed by atoms with Crippen LogP contribution >= 0.6 is 0 Å². The van der Waals surface area contributed by atoms with E-state index in [1.165, 1.54) is 17.7 Å². The summed E-state index contributed by atoms with van der Waals surface area (Å²) in [5.74, 6) is -0.616.